The molecule has 0 aromatic heterocycles. The third kappa shape index (κ3) is 4.07. The van der Waals surface area contributed by atoms with E-state index in [-0.39, 0.29) is 24.9 Å². The van der Waals surface area contributed by atoms with Gasteiger partial charge in [0.15, 0.2) is 0 Å². The molecule has 3 aliphatic heterocycles. The summed E-state index contributed by atoms with van der Waals surface area (Å²) in [7, 11) is -3.69. The molecule has 0 atom stereocenters. The van der Waals surface area contributed by atoms with Crippen molar-refractivity contribution in [2.45, 2.75) is 37.5 Å². The number of rotatable bonds is 5. The summed E-state index contributed by atoms with van der Waals surface area (Å²) in [6.45, 7) is 4.35. The van der Waals surface area contributed by atoms with Crippen LogP contribution in [0.25, 0.3) is 0 Å². The minimum absolute atomic E-state index is 0.108. The van der Waals surface area contributed by atoms with Crippen LogP contribution in [-0.4, -0.2) is 68.8 Å². The van der Waals surface area contributed by atoms with Crippen molar-refractivity contribution in [3.05, 3.63) is 53.1 Å². The second-order valence-corrected chi connectivity index (χ2v) is 10.8. The second-order valence-electron chi connectivity index (χ2n) is 8.89. The Balaban J connectivity index is 1.30. The first kappa shape index (κ1) is 22.9. The second kappa shape index (κ2) is 9.03. The van der Waals surface area contributed by atoms with Crippen LogP contribution in [0.2, 0.25) is 0 Å². The quantitative estimate of drug-likeness (QED) is 0.652. The summed E-state index contributed by atoms with van der Waals surface area (Å²) in [6, 6.07) is 10.5. The summed E-state index contributed by atoms with van der Waals surface area (Å²) in [5, 5.41) is 0. The van der Waals surface area contributed by atoms with Crippen molar-refractivity contribution in [2.24, 2.45) is 0 Å². The number of anilines is 1. The van der Waals surface area contributed by atoms with Gasteiger partial charge in [-0.3, -0.25) is 9.59 Å². The monoisotopic (exact) mass is 483 g/mol. The van der Waals surface area contributed by atoms with Gasteiger partial charge in [-0.05, 0) is 73.7 Å². The van der Waals surface area contributed by atoms with Gasteiger partial charge in [0.2, 0.25) is 15.9 Å². The Kier molecular flexibility index (Phi) is 6.07. The molecule has 0 unspecified atom stereocenters. The smallest absolute Gasteiger partial charge is 0.253 e. The summed E-state index contributed by atoms with van der Waals surface area (Å²) in [5.74, 6) is 0.729. The zero-order valence-electron chi connectivity index (χ0n) is 19.3. The maximum atomic E-state index is 13.5. The van der Waals surface area contributed by atoms with E-state index in [9.17, 15) is 18.0 Å². The number of carbonyl (C=O) groups is 2. The summed E-state index contributed by atoms with van der Waals surface area (Å²) in [6.07, 6.45) is 2.61. The SMILES string of the molecule is CCOc1ccc(C(=O)N2CCN(S(=O)(=O)c3cc4c5c(c3)CCC(=O)N5CCC4)CC2)cc1. The van der Waals surface area contributed by atoms with E-state index in [0.717, 1.165) is 29.7 Å². The lowest BCUT2D eigenvalue weighted by molar-refractivity contribution is -0.119. The molecule has 2 aromatic rings. The molecule has 2 aromatic carbocycles. The topological polar surface area (TPSA) is 87.2 Å². The maximum Gasteiger partial charge on any atom is 0.253 e. The number of ether oxygens (including phenoxy) is 1. The Morgan fingerprint density at radius 1 is 0.941 bits per heavy atom. The number of carbonyl (C=O) groups excluding carboxylic acids is 2. The van der Waals surface area contributed by atoms with Crippen LogP contribution in [0.4, 0.5) is 5.69 Å². The van der Waals surface area contributed by atoms with Gasteiger partial charge in [0.1, 0.15) is 5.75 Å². The zero-order chi connectivity index (χ0) is 23.9. The Hall–Kier alpha value is -2.91. The van der Waals surface area contributed by atoms with Crippen molar-refractivity contribution in [1.82, 2.24) is 9.21 Å². The molecule has 0 bridgehead atoms. The summed E-state index contributed by atoms with van der Waals surface area (Å²) in [4.78, 5) is 29.0. The van der Waals surface area contributed by atoms with Gasteiger partial charge in [-0.1, -0.05) is 0 Å². The molecule has 0 aliphatic carbocycles. The van der Waals surface area contributed by atoms with E-state index >= 15 is 0 Å². The number of hydrogen-bond donors (Lipinski definition) is 0. The molecule has 1 fully saturated rings. The third-order valence-corrected chi connectivity index (χ3v) is 8.70. The molecule has 3 aliphatic rings. The number of amides is 2. The van der Waals surface area contributed by atoms with E-state index in [1.807, 2.05) is 11.8 Å². The third-order valence-electron chi connectivity index (χ3n) is 6.82. The molecule has 8 nitrogen and oxygen atoms in total. The number of hydrogen-bond acceptors (Lipinski definition) is 5. The van der Waals surface area contributed by atoms with E-state index in [1.165, 1.54) is 4.31 Å². The summed E-state index contributed by atoms with van der Waals surface area (Å²) < 4.78 is 33.9. The normalized spacial score (nSPS) is 18.6. The van der Waals surface area contributed by atoms with Crippen LogP contribution < -0.4 is 9.64 Å². The van der Waals surface area contributed by atoms with E-state index in [1.54, 1.807) is 41.3 Å². The number of sulfonamides is 1. The lowest BCUT2D eigenvalue weighted by atomic mass is 9.92. The van der Waals surface area contributed by atoms with Gasteiger partial charge < -0.3 is 14.5 Å². The first-order valence-electron chi connectivity index (χ1n) is 11.9. The fourth-order valence-corrected chi connectivity index (χ4v) is 6.62. The van der Waals surface area contributed by atoms with E-state index < -0.39 is 10.0 Å². The lowest BCUT2D eigenvalue weighted by Gasteiger charge is -2.37. The molecule has 0 spiro atoms. The highest BCUT2D eigenvalue weighted by Crippen LogP contribution is 2.38. The number of piperazine rings is 1. The van der Waals surface area contributed by atoms with Crippen molar-refractivity contribution in [3.63, 3.8) is 0 Å². The fraction of sp³-hybridized carbons (Fsp3) is 0.440. The van der Waals surface area contributed by atoms with Gasteiger partial charge in [0.05, 0.1) is 17.2 Å². The van der Waals surface area contributed by atoms with Crippen LogP contribution in [0.5, 0.6) is 5.75 Å². The molecular weight excluding hydrogens is 454 g/mol. The van der Waals surface area contributed by atoms with Crippen LogP contribution in [0.1, 0.15) is 41.3 Å². The Morgan fingerprint density at radius 3 is 2.29 bits per heavy atom. The van der Waals surface area contributed by atoms with Gasteiger partial charge in [-0.15, -0.1) is 0 Å². The molecule has 0 radical (unpaired) electrons. The van der Waals surface area contributed by atoms with Gasteiger partial charge in [-0.2, -0.15) is 4.31 Å². The molecule has 34 heavy (non-hydrogen) atoms. The molecule has 0 saturated carbocycles. The Labute approximate surface area is 200 Å². The van der Waals surface area contributed by atoms with Crippen LogP contribution >= 0.6 is 0 Å². The van der Waals surface area contributed by atoms with E-state index in [0.29, 0.717) is 55.3 Å². The molecular formula is C25H29N3O5S. The molecule has 9 heteroatoms. The molecule has 0 N–H and O–H groups in total. The van der Waals surface area contributed by atoms with Gasteiger partial charge in [0, 0.05) is 44.7 Å². The fourth-order valence-electron chi connectivity index (χ4n) is 5.09. The van der Waals surface area contributed by atoms with Crippen LogP contribution in [0.15, 0.2) is 41.3 Å². The minimum Gasteiger partial charge on any atom is -0.494 e. The molecule has 5 rings (SSSR count). The highest BCUT2D eigenvalue weighted by atomic mass is 32.2. The number of nitrogens with zero attached hydrogens (tertiary/aromatic N) is 3. The summed E-state index contributed by atoms with van der Waals surface area (Å²) >= 11 is 0. The van der Waals surface area contributed by atoms with Crippen LogP contribution in [0.3, 0.4) is 0 Å². The molecule has 180 valence electrons. The van der Waals surface area contributed by atoms with Gasteiger partial charge >= 0.3 is 0 Å². The Bertz CT molecular complexity index is 1200. The first-order chi connectivity index (χ1) is 16.4. The van der Waals surface area contributed by atoms with Crippen molar-refractivity contribution in [1.29, 1.82) is 0 Å². The standard InChI is InChI=1S/C25H29N3O5S/c1-2-33-21-8-5-18(6-9-21)25(30)26-12-14-27(15-13-26)34(31,32)22-16-19-4-3-11-28-23(29)10-7-20(17-22)24(19)28/h5-6,8-9,16-17H,2-4,7,10-15H2,1H3. The lowest BCUT2D eigenvalue weighted by Crippen LogP contribution is -2.50. The largest absolute Gasteiger partial charge is 0.494 e. The van der Waals surface area contributed by atoms with Crippen LogP contribution in [0, 0.1) is 0 Å². The highest BCUT2D eigenvalue weighted by molar-refractivity contribution is 7.89. The van der Waals surface area contributed by atoms with Crippen molar-refractivity contribution in [3.8, 4) is 5.75 Å². The Morgan fingerprint density at radius 2 is 1.62 bits per heavy atom. The molecule has 2 amide bonds. The maximum absolute atomic E-state index is 13.5. The van der Waals surface area contributed by atoms with Crippen molar-refractivity contribution in [2.75, 3.05) is 44.2 Å². The van der Waals surface area contributed by atoms with Crippen molar-refractivity contribution >= 4 is 27.5 Å². The molecule has 3 heterocycles. The average molecular weight is 484 g/mol. The predicted octanol–water partition coefficient (Wildman–Crippen LogP) is 2.46. The molecule has 1 saturated heterocycles. The van der Waals surface area contributed by atoms with Crippen LogP contribution in [-0.2, 0) is 27.7 Å². The number of aryl methyl sites for hydroxylation is 2. The van der Waals surface area contributed by atoms with Gasteiger partial charge in [-0.25, -0.2) is 8.42 Å². The highest BCUT2D eigenvalue weighted by Gasteiger charge is 2.34. The van der Waals surface area contributed by atoms with E-state index in [4.69, 9.17) is 4.74 Å². The van der Waals surface area contributed by atoms with Gasteiger partial charge in [0.25, 0.3) is 5.91 Å². The first-order valence-corrected chi connectivity index (χ1v) is 13.3. The number of benzene rings is 2. The van der Waals surface area contributed by atoms with Crippen molar-refractivity contribution < 1.29 is 22.7 Å². The average Bonchev–Trinajstić information content (AvgIpc) is 2.86. The predicted molar refractivity (Wildman–Crippen MR) is 128 cm³/mol. The minimum atomic E-state index is -3.69. The summed E-state index contributed by atoms with van der Waals surface area (Å²) in [5.41, 5.74) is 3.37. The zero-order valence-corrected chi connectivity index (χ0v) is 20.1. The van der Waals surface area contributed by atoms with E-state index in [2.05, 4.69) is 0 Å².